The van der Waals surface area contributed by atoms with Crippen molar-refractivity contribution < 1.29 is 4.74 Å². The fourth-order valence-electron chi connectivity index (χ4n) is 3.28. The summed E-state index contributed by atoms with van der Waals surface area (Å²) >= 11 is 3.43. The van der Waals surface area contributed by atoms with Gasteiger partial charge in [-0.25, -0.2) is 4.79 Å². The van der Waals surface area contributed by atoms with Crippen LogP contribution in [0.5, 0.6) is 5.88 Å². The molecule has 1 aliphatic rings. The molecule has 0 fully saturated rings. The van der Waals surface area contributed by atoms with E-state index in [2.05, 4.69) is 25.9 Å². The van der Waals surface area contributed by atoms with Gasteiger partial charge in [0.25, 0.3) is 5.56 Å². The van der Waals surface area contributed by atoms with E-state index in [1.165, 1.54) is 0 Å². The molecule has 0 radical (unpaired) electrons. The van der Waals surface area contributed by atoms with Crippen LogP contribution in [0.4, 0.5) is 0 Å². The van der Waals surface area contributed by atoms with Gasteiger partial charge in [0, 0.05) is 10.4 Å². The zero-order valence-corrected chi connectivity index (χ0v) is 14.7. The topological polar surface area (TPSA) is 75.0 Å². The molecule has 0 aliphatic carbocycles. The molecule has 0 unspecified atom stereocenters. The second-order valence-electron chi connectivity index (χ2n) is 6.01. The van der Waals surface area contributed by atoms with E-state index in [9.17, 15) is 9.59 Å². The Morgan fingerprint density at radius 1 is 0.920 bits per heavy atom. The molecule has 2 heterocycles. The lowest BCUT2D eigenvalue weighted by atomic mass is 9.84. The van der Waals surface area contributed by atoms with Crippen LogP contribution in [0.2, 0.25) is 0 Å². The standard InChI is InChI=1S/C19H15BrN2O3/c20-13-8-6-11(7-9-13)14-10-15(12-4-2-1-3-5-12)25-18-16(14)17(23)21-19(24)22-18/h1-9,14-15H,10H2,(H2,21,22,23,24)/t14-,15+/m1/s1. The van der Waals surface area contributed by atoms with E-state index in [-0.39, 0.29) is 17.9 Å². The van der Waals surface area contributed by atoms with Crippen LogP contribution in [-0.4, -0.2) is 9.97 Å². The molecule has 126 valence electrons. The Morgan fingerprint density at radius 3 is 2.36 bits per heavy atom. The van der Waals surface area contributed by atoms with Crippen LogP contribution in [0, 0.1) is 0 Å². The van der Waals surface area contributed by atoms with Gasteiger partial charge >= 0.3 is 5.69 Å². The molecule has 2 atom stereocenters. The van der Waals surface area contributed by atoms with Gasteiger partial charge in [-0.15, -0.1) is 0 Å². The minimum absolute atomic E-state index is 0.164. The lowest BCUT2D eigenvalue weighted by Crippen LogP contribution is -2.33. The Balaban J connectivity index is 1.86. The monoisotopic (exact) mass is 398 g/mol. The maximum Gasteiger partial charge on any atom is 0.328 e. The average molecular weight is 399 g/mol. The van der Waals surface area contributed by atoms with Crippen LogP contribution < -0.4 is 16.0 Å². The van der Waals surface area contributed by atoms with Gasteiger partial charge in [0.1, 0.15) is 6.10 Å². The Bertz CT molecular complexity index is 1010. The highest BCUT2D eigenvalue weighted by molar-refractivity contribution is 9.10. The Hall–Kier alpha value is -2.60. The first-order chi connectivity index (χ1) is 12.1. The average Bonchev–Trinajstić information content (AvgIpc) is 2.62. The smallest absolute Gasteiger partial charge is 0.328 e. The number of hydrogen-bond acceptors (Lipinski definition) is 3. The Labute approximate surface area is 151 Å². The van der Waals surface area contributed by atoms with Crippen molar-refractivity contribution in [3.05, 3.63) is 96.6 Å². The molecule has 5 nitrogen and oxygen atoms in total. The van der Waals surface area contributed by atoms with Gasteiger partial charge in [-0.3, -0.25) is 14.8 Å². The molecular formula is C19H15BrN2O3. The van der Waals surface area contributed by atoms with Crippen molar-refractivity contribution in [2.24, 2.45) is 0 Å². The number of rotatable bonds is 2. The zero-order valence-electron chi connectivity index (χ0n) is 13.2. The van der Waals surface area contributed by atoms with Crippen LogP contribution >= 0.6 is 15.9 Å². The minimum atomic E-state index is -0.563. The second kappa shape index (κ2) is 6.37. The summed E-state index contributed by atoms with van der Waals surface area (Å²) in [6, 6.07) is 17.7. The number of hydrogen-bond donors (Lipinski definition) is 2. The van der Waals surface area contributed by atoms with Crippen molar-refractivity contribution in [2.75, 3.05) is 0 Å². The highest BCUT2D eigenvalue weighted by Crippen LogP contribution is 2.42. The van der Waals surface area contributed by atoms with E-state index in [0.717, 1.165) is 15.6 Å². The molecule has 2 N–H and O–H groups in total. The molecule has 0 saturated carbocycles. The van der Waals surface area contributed by atoms with Crippen LogP contribution in [0.15, 0.2) is 68.7 Å². The number of H-pyrrole nitrogens is 2. The van der Waals surface area contributed by atoms with Crippen molar-refractivity contribution >= 4 is 15.9 Å². The van der Waals surface area contributed by atoms with Gasteiger partial charge < -0.3 is 4.74 Å². The summed E-state index contributed by atoms with van der Waals surface area (Å²) in [6.45, 7) is 0. The quantitative estimate of drug-likeness (QED) is 0.693. The second-order valence-corrected chi connectivity index (χ2v) is 6.92. The van der Waals surface area contributed by atoms with Gasteiger partial charge in [0.2, 0.25) is 5.88 Å². The zero-order chi connectivity index (χ0) is 17.4. The van der Waals surface area contributed by atoms with E-state index >= 15 is 0 Å². The molecule has 3 aromatic rings. The summed E-state index contributed by atoms with van der Waals surface area (Å²) in [7, 11) is 0. The van der Waals surface area contributed by atoms with E-state index in [1.807, 2.05) is 54.6 Å². The Kier molecular flexibility index (Phi) is 4.05. The predicted molar refractivity (Wildman–Crippen MR) is 98.1 cm³/mol. The Morgan fingerprint density at radius 2 is 1.64 bits per heavy atom. The lowest BCUT2D eigenvalue weighted by molar-refractivity contribution is 0.157. The van der Waals surface area contributed by atoms with Crippen LogP contribution in [0.3, 0.4) is 0 Å². The summed E-state index contributed by atoms with van der Waals surface area (Å²) in [4.78, 5) is 29.1. The number of aromatic nitrogens is 2. The molecular weight excluding hydrogens is 384 g/mol. The molecule has 2 aromatic carbocycles. The van der Waals surface area contributed by atoms with Gasteiger partial charge in [-0.1, -0.05) is 58.4 Å². The van der Waals surface area contributed by atoms with Gasteiger partial charge in [-0.2, -0.15) is 0 Å². The van der Waals surface area contributed by atoms with Gasteiger partial charge in [0.15, 0.2) is 0 Å². The lowest BCUT2D eigenvalue weighted by Gasteiger charge is -2.31. The molecule has 0 saturated heterocycles. The fraction of sp³-hybridized carbons (Fsp3) is 0.158. The number of nitrogens with one attached hydrogen (secondary N) is 2. The molecule has 0 bridgehead atoms. The predicted octanol–water partition coefficient (Wildman–Crippen LogP) is 3.48. The molecule has 6 heteroatoms. The van der Waals surface area contributed by atoms with E-state index in [1.54, 1.807) is 0 Å². The molecule has 25 heavy (non-hydrogen) atoms. The van der Waals surface area contributed by atoms with Crippen LogP contribution in [0.1, 0.15) is 35.1 Å². The van der Waals surface area contributed by atoms with E-state index in [0.29, 0.717) is 12.0 Å². The summed E-state index contributed by atoms with van der Waals surface area (Å²) < 4.78 is 6.94. The van der Waals surface area contributed by atoms with Gasteiger partial charge in [0.05, 0.1) is 5.56 Å². The van der Waals surface area contributed by atoms with Crippen LogP contribution in [-0.2, 0) is 0 Å². The summed E-state index contributed by atoms with van der Waals surface area (Å²) in [5.74, 6) is 0.0874. The normalized spacial score (nSPS) is 19.1. The number of ether oxygens (including phenoxy) is 1. The fourth-order valence-corrected chi connectivity index (χ4v) is 3.54. The third kappa shape index (κ3) is 3.05. The first kappa shape index (κ1) is 15.9. The first-order valence-corrected chi connectivity index (χ1v) is 8.74. The molecule has 0 spiro atoms. The SMILES string of the molecule is O=c1[nH]c2c(c(=O)[nH]1)[C@@H](c1ccc(Br)cc1)C[C@@H](c1ccccc1)O2. The van der Waals surface area contributed by atoms with E-state index in [4.69, 9.17) is 4.74 Å². The van der Waals surface area contributed by atoms with E-state index < -0.39 is 11.2 Å². The third-order valence-electron chi connectivity index (χ3n) is 4.45. The number of fused-ring (bicyclic) bond motifs is 1. The molecule has 0 amide bonds. The summed E-state index contributed by atoms with van der Waals surface area (Å²) in [6.07, 6.45) is 0.383. The first-order valence-electron chi connectivity index (χ1n) is 7.95. The van der Waals surface area contributed by atoms with Crippen molar-refractivity contribution in [1.82, 2.24) is 9.97 Å². The third-order valence-corrected chi connectivity index (χ3v) is 4.97. The van der Waals surface area contributed by atoms with Crippen molar-refractivity contribution in [3.63, 3.8) is 0 Å². The highest BCUT2D eigenvalue weighted by atomic mass is 79.9. The van der Waals surface area contributed by atoms with Crippen LogP contribution in [0.25, 0.3) is 0 Å². The van der Waals surface area contributed by atoms with Crippen molar-refractivity contribution in [3.8, 4) is 5.88 Å². The maximum atomic E-state index is 12.4. The minimum Gasteiger partial charge on any atom is -0.470 e. The number of aromatic amines is 2. The highest BCUT2D eigenvalue weighted by Gasteiger charge is 2.33. The summed E-state index contributed by atoms with van der Waals surface area (Å²) in [5, 5.41) is 0. The van der Waals surface area contributed by atoms with Crippen molar-refractivity contribution in [2.45, 2.75) is 18.4 Å². The maximum absolute atomic E-state index is 12.4. The number of benzene rings is 2. The summed E-state index contributed by atoms with van der Waals surface area (Å²) in [5.41, 5.74) is 1.52. The van der Waals surface area contributed by atoms with Gasteiger partial charge in [-0.05, 0) is 29.7 Å². The molecule has 4 rings (SSSR count). The molecule has 1 aromatic heterocycles. The molecule has 1 aliphatic heterocycles. The number of halogens is 1. The largest absolute Gasteiger partial charge is 0.470 e. The van der Waals surface area contributed by atoms with Crippen molar-refractivity contribution in [1.29, 1.82) is 0 Å².